The molecule has 2 heterocycles. The van der Waals surface area contributed by atoms with Crippen molar-refractivity contribution in [2.45, 2.75) is 0 Å². The molecule has 0 saturated carbocycles. The van der Waals surface area contributed by atoms with E-state index in [0.29, 0.717) is 0 Å². The first-order chi connectivity index (χ1) is 9.74. The second kappa shape index (κ2) is 6.02. The van der Waals surface area contributed by atoms with E-state index in [1.54, 1.807) is 0 Å². The van der Waals surface area contributed by atoms with E-state index in [1.807, 2.05) is 30.6 Å². The molecule has 0 aliphatic carbocycles. The molecular formula is C15H15BrClN3. The lowest BCUT2D eigenvalue weighted by molar-refractivity contribution is 0.652. The van der Waals surface area contributed by atoms with Crippen molar-refractivity contribution in [2.75, 3.05) is 36.0 Å². The summed E-state index contributed by atoms with van der Waals surface area (Å²) in [5, 5.41) is 0.793. The molecular weight excluding hydrogens is 338 g/mol. The van der Waals surface area contributed by atoms with Gasteiger partial charge in [-0.1, -0.05) is 17.7 Å². The Kier molecular flexibility index (Phi) is 4.13. The van der Waals surface area contributed by atoms with Crippen LogP contribution in [0.4, 0.5) is 11.4 Å². The van der Waals surface area contributed by atoms with E-state index < -0.39 is 0 Å². The molecule has 0 spiro atoms. The Morgan fingerprint density at radius 2 is 1.80 bits per heavy atom. The zero-order valence-electron chi connectivity index (χ0n) is 11.0. The second-order valence-corrected chi connectivity index (χ2v) is 6.07. The minimum absolute atomic E-state index is 0.793. The molecule has 1 aromatic heterocycles. The van der Waals surface area contributed by atoms with Crippen LogP contribution >= 0.6 is 27.5 Å². The molecule has 1 fully saturated rings. The molecule has 0 unspecified atom stereocenters. The Balaban J connectivity index is 1.70. The topological polar surface area (TPSA) is 19.4 Å². The first-order valence-corrected chi connectivity index (χ1v) is 7.76. The van der Waals surface area contributed by atoms with Gasteiger partial charge < -0.3 is 9.80 Å². The van der Waals surface area contributed by atoms with Crippen LogP contribution in [-0.2, 0) is 0 Å². The summed E-state index contributed by atoms with van der Waals surface area (Å²) in [5.41, 5.74) is 2.41. The predicted octanol–water partition coefficient (Wildman–Crippen LogP) is 3.82. The SMILES string of the molecule is Clc1cccc(N2CCN(c3ccncc3Br)CC2)c1. The van der Waals surface area contributed by atoms with E-state index in [4.69, 9.17) is 11.6 Å². The number of piperazine rings is 1. The Labute approximate surface area is 132 Å². The smallest absolute Gasteiger partial charge is 0.0592 e. The molecule has 20 heavy (non-hydrogen) atoms. The summed E-state index contributed by atoms with van der Waals surface area (Å²) in [5.74, 6) is 0. The van der Waals surface area contributed by atoms with Crippen LogP contribution in [0.2, 0.25) is 5.02 Å². The molecule has 3 rings (SSSR count). The van der Waals surface area contributed by atoms with Crippen LogP contribution in [0.1, 0.15) is 0 Å². The monoisotopic (exact) mass is 351 g/mol. The van der Waals surface area contributed by atoms with Gasteiger partial charge in [-0.15, -0.1) is 0 Å². The predicted molar refractivity (Wildman–Crippen MR) is 87.8 cm³/mol. The van der Waals surface area contributed by atoms with Crippen molar-refractivity contribution >= 4 is 38.9 Å². The number of benzene rings is 1. The van der Waals surface area contributed by atoms with Crippen molar-refractivity contribution in [3.8, 4) is 0 Å². The lowest BCUT2D eigenvalue weighted by atomic mass is 10.2. The molecule has 0 amide bonds. The van der Waals surface area contributed by atoms with Crippen LogP contribution < -0.4 is 9.80 Å². The highest BCUT2D eigenvalue weighted by Gasteiger charge is 2.19. The molecule has 0 atom stereocenters. The summed E-state index contributed by atoms with van der Waals surface area (Å²) in [6.45, 7) is 3.98. The maximum absolute atomic E-state index is 6.06. The van der Waals surface area contributed by atoms with Crippen LogP contribution in [0.25, 0.3) is 0 Å². The van der Waals surface area contributed by atoms with E-state index in [0.717, 1.165) is 35.7 Å². The summed E-state index contributed by atoms with van der Waals surface area (Å²) in [6.07, 6.45) is 3.68. The highest BCUT2D eigenvalue weighted by atomic mass is 79.9. The summed E-state index contributed by atoms with van der Waals surface area (Å²) in [7, 11) is 0. The third kappa shape index (κ3) is 2.91. The van der Waals surface area contributed by atoms with Crippen LogP contribution in [0.5, 0.6) is 0 Å². The molecule has 104 valence electrons. The minimum atomic E-state index is 0.793. The molecule has 0 N–H and O–H groups in total. The molecule has 3 nitrogen and oxygen atoms in total. The third-order valence-electron chi connectivity index (χ3n) is 3.54. The molecule has 1 aliphatic rings. The molecule has 5 heteroatoms. The van der Waals surface area contributed by atoms with Crippen molar-refractivity contribution in [3.63, 3.8) is 0 Å². The van der Waals surface area contributed by atoms with E-state index in [9.17, 15) is 0 Å². The molecule has 0 radical (unpaired) electrons. The maximum Gasteiger partial charge on any atom is 0.0592 e. The molecule has 1 saturated heterocycles. The lowest BCUT2D eigenvalue weighted by Gasteiger charge is -2.37. The van der Waals surface area contributed by atoms with E-state index >= 15 is 0 Å². The molecule has 1 aliphatic heterocycles. The van der Waals surface area contributed by atoms with Gasteiger partial charge in [-0.2, -0.15) is 0 Å². The quantitative estimate of drug-likeness (QED) is 0.819. The van der Waals surface area contributed by atoms with Gasteiger partial charge in [0.05, 0.1) is 10.2 Å². The van der Waals surface area contributed by atoms with Crippen LogP contribution in [0.3, 0.4) is 0 Å². The summed E-state index contributed by atoms with van der Waals surface area (Å²) in [6, 6.07) is 10.1. The van der Waals surface area contributed by atoms with Gasteiger partial charge in [-0.05, 0) is 40.2 Å². The van der Waals surface area contributed by atoms with Gasteiger partial charge in [0.2, 0.25) is 0 Å². The van der Waals surface area contributed by atoms with Gasteiger partial charge in [0.1, 0.15) is 0 Å². The number of pyridine rings is 1. The summed E-state index contributed by atoms with van der Waals surface area (Å²) < 4.78 is 1.05. The van der Waals surface area contributed by atoms with Gasteiger partial charge in [0.15, 0.2) is 0 Å². The number of nitrogens with zero attached hydrogens (tertiary/aromatic N) is 3. The van der Waals surface area contributed by atoms with Crippen LogP contribution in [0, 0.1) is 0 Å². The number of aromatic nitrogens is 1. The minimum Gasteiger partial charge on any atom is -0.368 e. The molecule has 2 aromatic rings. The Hall–Kier alpha value is -1.26. The fourth-order valence-electron chi connectivity index (χ4n) is 2.50. The first-order valence-electron chi connectivity index (χ1n) is 6.59. The van der Waals surface area contributed by atoms with Crippen molar-refractivity contribution in [1.29, 1.82) is 0 Å². The average Bonchev–Trinajstić information content (AvgIpc) is 2.48. The van der Waals surface area contributed by atoms with Gasteiger partial charge in [0.25, 0.3) is 0 Å². The molecule has 0 bridgehead atoms. The van der Waals surface area contributed by atoms with Crippen molar-refractivity contribution in [3.05, 3.63) is 52.2 Å². The van der Waals surface area contributed by atoms with E-state index in [1.165, 1.54) is 11.4 Å². The fraction of sp³-hybridized carbons (Fsp3) is 0.267. The van der Waals surface area contributed by atoms with Crippen LogP contribution in [-0.4, -0.2) is 31.2 Å². The second-order valence-electron chi connectivity index (χ2n) is 4.78. The largest absolute Gasteiger partial charge is 0.368 e. The number of anilines is 2. The highest BCUT2D eigenvalue weighted by molar-refractivity contribution is 9.10. The third-order valence-corrected chi connectivity index (χ3v) is 4.39. The molecule has 1 aromatic carbocycles. The Morgan fingerprint density at radius 1 is 1.05 bits per heavy atom. The number of rotatable bonds is 2. The van der Waals surface area contributed by atoms with E-state index in [2.05, 4.69) is 42.8 Å². The zero-order valence-corrected chi connectivity index (χ0v) is 13.3. The summed E-state index contributed by atoms with van der Waals surface area (Å²) in [4.78, 5) is 8.87. The number of hydrogen-bond donors (Lipinski definition) is 0. The summed E-state index contributed by atoms with van der Waals surface area (Å²) >= 11 is 9.63. The van der Waals surface area contributed by atoms with Gasteiger partial charge in [-0.3, -0.25) is 4.98 Å². The number of hydrogen-bond acceptors (Lipinski definition) is 3. The zero-order chi connectivity index (χ0) is 13.9. The van der Waals surface area contributed by atoms with Crippen molar-refractivity contribution in [1.82, 2.24) is 4.98 Å². The Morgan fingerprint density at radius 3 is 2.50 bits per heavy atom. The number of halogens is 2. The van der Waals surface area contributed by atoms with Gasteiger partial charge in [0, 0.05) is 49.3 Å². The fourth-order valence-corrected chi connectivity index (χ4v) is 3.19. The van der Waals surface area contributed by atoms with Gasteiger partial charge in [-0.25, -0.2) is 0 Å². The highest BCUT2D eigenvalue weighted by Crippen LogP contribution is 2.27. The average molecular weight is 353 g/mol. The van der Waals surface area contributed by atoms with E-state index in [-0.39, 0.29) is 0 Å². The van der Waals surface area contributed by atoms with Crippen molar-refractivity contribution in [2.24, 2.45) is 0 Å². The standard InChI is InChI=1S/C15H15BrClN3/c16-14-11-18-5-4-15(14)20-8-6-19(7-9-20)13-3-1-2-12(17)10-13/h1-5,10-11H,6-9H2. The first kappa shape index (κ1) is 13.7. The Bertz CT molecular complexity index is 597. The van der Waals surface area contributed by atoms with Crippen LogP contribution in [0.15, 0.2) is 47.2 Å². The maximum atomic E-state index is 6.06. The lowest BCUT2D eigenvalue weighted by Crippen LogP contribution is -2.46. The van der Waals surface area contributed by atoms with Gasteiger partial charge >= 0.3 is 0 Å². The normalized spacial score (nSPS) is 15.5. The van der Waals surface area contributed by atoms with Crippen molar-refractivity contribution < 1.29 is 0 Å².